The molecule has 0 amide bonds. The van der Waals surface area contributed by atoms with Crippen molar-refractivity contribution in [2.75, 3.05) is 0 Å². The largest absolute Gasteiger partial charge is 0.452 e. The maximum atomic E-state index is 12.9. The average molecular weight is 368 g/mol. The molecule has 0 saturated heterocycles. The molecule has 0 saturated carbocycles. The summed E-state index contributed by atoms with van der Waals surface area (Å²) in [6, 6.07) is 10.6. The third-order valence-electron chi connectivity index (χ3n) is 3.63. The van der Waals surface area contributed by atoms with Gasteiger partial charge in [0.05, 0.1) is 6.54 Å². The van der Waals surface area contributed by atoms with E-state index < -0.39 is 5.97 Å². The van der Waals surface area contributed by atoms with Crippen molar-refractivity contribution in [2.24, 2.45) is 0 Å². The van der Waals surface area contributed by atoms with E-state index in [1.54, 1.807) is 29.2 Å². The minimum atomic E-state index is -0.644. The van der Waals surface area contributed by atoms with Crippen molar-refractivity contribution in [3.05, 3.63) is 78.0 Å². The van der Waals surface area contributed by atoms with Gasteiger partial charge in [0.15, 0.2) is 6.61 Å². The molecule has 3 heterocycles. The van der Waals surface area contributed by atoms with Crippen LogP contribution in [0.3, 0.4) is 0 Å². The van der Waals surface area contributed by atoms with E-state index in [0.717, 1.165) is 0 Å². The topological polar surface area (TPSA) is 96.2 Å². The van der Waals surface area contributed by atoms with Crippen LogP contribution in [-0.2, 0) is 17.9 Å². The van der Waals surface area contributed by atoms with Gasteiger partial charge in [-0.25, -0.2) is 9.18 Å². The van der Waals surface area contributed by atoms with Crippen molar-refractivity contribution in [2.45, 2.75) is 13.2 Å². The Morgan fingerprint density at radius 3 is 2.81 bits per heavy atom. The molecule has 0 fully saturated rings. The molecule has 136 valence electrons. The van der Waals surface area contributed by atoms with Gasteiger partial charge in [-0.2, -0.15) is 10.1 Å². The summed E-state index contributed by atoms with van der Waals surface area (Å²) in [4.78, 5) is 16.2. The fourth-order valence-electron chi connectivity index (χ4n) is 2.35. The van der Waals surface area contributed by atoms with Crippen LogP contribution < -0.4 is 0 Å². The van der Waals surface area contributed by atoms with E-state index in [1.165, 1.54) is 30.3 Å². The molecule has 1 aromatic carbocycles. The van der Waals surface area contributed by atoms with Gasteiger partial charge in [0.1, 0.15) is 11.6 Å². The van der Waals surface area contributed by atoms with Gasteiger partial charge in [-0.15, -0.1) is 0 Å². The first-order valence-corrected chi connectivity index (χ1v) is 7.99. The number of nitrogens with zero attached hydrogens (tertiary/aromatic N) is 4. The summed E-state index contributed by atoms with van der Waals surface area (Å²) in [6.45, 7) is 0.227. The van der Waals surface area contributed by atoms with Gasteiger partial charge in [0, 0.05) is 18.0 Å². The van der Waals surface area contributed by atoms with Crippen molar-refractivity contribution < 1.29 is 22.9 Å². The van der Waals surface area contributed by atoms with Crippen molar-refractivity contribution in [3.8, 4) is 11.5 Å². The summed E-state index contributed by atoms with van der Waals surface area (Å²) in [5.74, 6) is 0.0300. The van der Waals surface area contributed by atoms with Gasteiger partial charge in [0.2, 0.25) is 11.6 Å². The Labute approximate surface area is 152 Å². The number of ether oxygens (including phenoxy) is 1. The Morgan fingerprint density at radius 2 is 2.04 bits per heavy atom. The molecule has 0 aliphatic rings. The second-order valence-corrected chi connectivity index (χ2v) is 5.57. The highest BCUT2D eigenvalue weighted by molar-refractivity contribution is 5.86. The molecule has 0 bridgehead atoms. The summed E-state index contributed by atoms with van der Waals surface area (Å²) >= 11 is 0. The molecule has 8 nitrogen and oxygen atoms in total. The van der Waals surface area contributed by atoms with Crippen LogP contribution in [0.25, 0.3) is 11.5 Å². The zero-order chi connectivity index (χ0) is 18.6. The highest BCUT2D eigenvalue weighted by atomic mass is 19.1. The lowest BCUT2D eigenvalue weighted by Gasteiger charge is -1.99. The molecule has 4 rings (SSSR count). The van der Waals surface area contributed by atoms with E-state index in [4.69, 9.17) is 13.7 Å². The van der Waals surface area contributed by atoms with Crippen LogP contribution in [0.4, 0.5) is 4.39 Å². The SMILES string of the molecule is O=C(OCc1noc(-c2ccc(F)cc2)n1)c1ccc(Cn2cccn2)o1. The van der Waals surface area contributed by atoms with Crippen LogP contribution in [-0.4, -0.2) is 25.9 Å². The molecule has 27 heavy (non-hydrogen) atoms. The number of halogens is 1. The first-order chi connectivity index (χ1) is 13.2. The van der Waals surface area contributed by atoms with Crippen LogP contribution in [0.5, 0.6) is 0 Å². The highest BCUT2D eigenvalue weighted by Crippen LogP contribution is 2.18. The van der Waals surface area contributed by atoms with Crippen LogP contribution in [0.15, 0.2) is 63.8 Å². The zero-order valence-corrected chi connectivity index (χ0v) is 13.9. The van der Waals surface area contributed by atoms with Crippen molar-refractivity contribution >= 4 is 5.97 Å². The van der Waals surface area contributed by atoms with E-state index in [1.807, 2.05) is 0 Å². The van der Waals surface area contributed by atoms with Gasteiger partial charge >= 0.3 is 5.97 Å². The van der Waals surface area contributed by atoms with Gasteiger partial charge < -0.3 is 13.7 Å². The maximum absolute atomic E-state index is 12.9. The Kier molecular flexibility index (Phi) is 4.48. The summed E-state index contributed by atoms with van der Waals surface area (Å²) in [6.07, 6.45) is 3.44. The quantitative estimate of drug-likeness (QED) is 0.483. The Hall–Kier alpha value is -3.75. The lowest BCUT2D eigenvalue weighted by atomic mass is 10.2. The van der Waals surface area contributed by atoms with E-state index in [-0.39, 0.29) is 29.9 Å². The second kappa shape index (κ2) is 7.24. The van der Waals surface area contributed by atoms with Crippen LogP contribution >= 0.6 is 0 Å². The Morgan fingerprint density at radius 1 is 1.19 bits per heavy atom. The molecule has 0 atom stereocenters. The predicted molar refractivity (Wildman–Crippen MR) is 88.8 cm³/mol. The molecule has 9 heteroatoms. The molecular weight excluding hydrogens is 355 g/mol. The molecule has 4 aromatic rings. The fraction of sp³-hybridized carbons (Fsp3) is 0.111. The molecule has 0 aliphatic carbocycles. The fourth-order valence-corrected chi connectivity index (χ4v) is 2.35. The highest BCUT2D eigenvalue weighted by Gasteiger charge is 2.16. The lowest BCUT2D eigenvalue weighted by Crippen LogP contribution is -2.05. The number of aromatic nitrogens is 4. The summed E-state index contributed by atoms with van der Waals surface area (Å²) in [5, 5.41) is 7.80. The Bertz CT molecular complexity index is 1040. The second-order valence-electron chi connectivity index (χ2n) is 5.57. The number of rotatable bonds is 6. The zero-order valence-electron chi connectivity index (χ0n) is 13.9. The minimum Gasteiger partial charge on any atom is -0.452 e. The van der Waals surface area contributed by atoms with E-state index in [0.29, 0.717) is 17.9 Å². The molecular formula is C18H13FN4O4. The number of furan rings is 1. The van der Waals surface area contributed by atoms with Gasteiger partial charge in [-0.1, -0.05) is 5.16 Å². The number of carbonyl (C=O) groups excluding carboxylic acids is 1. The summed E-state index contributed by atoms with van der Waals surface area (Å²) < 4.78 is 30.3. The molecule has 0 spiro atoms. The summed E-state index contributed by atoms with van der Waals surface area (Å²) in [5.41, 5.74) is 0.566. The number of hydrogen-bond donors (Lipinski definition) is 0. The first kappa shape index (κ1) is 16.7. The summed E-state index contributed by atoms with van der Waals surface area (Å²) in [7, 11) is 0. The van der Waals surface area contributed by atoms with Crippen molar-refractivity contribution in [1.82, 2.24) is 19.9 Å². The van der Waals surface area contributed by atoms with Gasteiger partial charge in [-0.3, -0.25) is 4.68 Å². The van der Waals surface area contributed by atoms with Gasteiger partial charge in [0.25, 0.3) is 5.89 Å². The molecule has 0 unspecified atom stereocenters. The van der Waals surface area contributed by atoms with E-state index >= 15 is 0 Å². The molecule has 0 N–H and O–H groups in total. The Balaban J connectivity index is 1.35. The van der Waals surface area contributed by atoms with Crippen LogP contribution in [0, 0.1) is 5.82 Å². The maximum Gasteiger partial charge on any atom is 0.374 e. The predicted octanol–water partition coefficient (Wildman–Crippen LogP) is 3.07. The van der Waals surface area contributed by atoms with E-state index in [2.05, 4.69) is 15.2 Å². The third-order valence-corrected chi connectivity index (χ3v) is 3.63. The van der Waals surface area contributed by atoms with E-state index in [9.17, 15) is 9.18 Å². The van der Waals surface area contributed by atoms with Crippen LogP contribution in [0.2, 0.25) is 0 Å². The number of carbonyl (C=O) groups is 1. The van der Waals surface area contributed by atoms with Crippen molar-refractivity contribution in [1.29, 1.82) is 0 Å². The molecule has 0 radical (unpaired) electrons. The van der Waals surface area contributed by atoms with Crippen molar-refractivity contribution in [3.63, 3.8) is 0 Å². The number of hydrogen-bond acceptors (Lipinski definition) is 7. The van der Waals surface area contributed by atoms with Gasteiger partial charge in [-0.05, 0) is 42.5 Å². The average Bonchev–Trinajstić information content (AvgIpc) is 3.43. The minimum absolute atomic E-state index is 0.0689. The van der Waals surface area contributed by atoms with Crippen LogP contribution in [0.1, 0.15) is 22.1 Å². The smallest absolute Gasteiger partial charge is 0.374 e. The number of benzene rings is 1. The standard InChI is InChI=1S/C18H13FN4O4/c19-13-4-2-12(3-5-13)17-21-16(22-27-17)11-25-18(24)15-7-6-14(26-15)10-23-9-1-8-20-23/h1-9H,10-11H2. The third kappa shape index (κ3) is 3.92. The molecule has 3 aromatic heterocycles. The molecule has 0 aliphatic heterocycles. The lowest BCUT2D eigenvalue weighted by molar-refractivity contribution is 0.0421. The number of esters is 1. The monoisotopic (exact) mass is 368 g/mol. The first-order valence-electron chi connectivity index (χ1n) is 7.99. The normalized spacial score (nSPS) is 10.9.